The molecule has 0 fully saturated rings. The number of aromatic amines is 1. The number of rotatable bonds is 2. The van der Waals surface area contributed by atoms with Crippen LogP contribution in [-0.2, 0) is 0 Å². The number of nitrogens with one attached hydrogen (secondary N) is 1. The highest BCUT2D eigenvalue weighted by molar-refractivity contribution is 7.10. The fraction of sp³-hybridized carbons (Fsp3) is 0. The van der Waals surface area contributed by atoms with Gasteiger partial charge < -0.3 is 5.11 Å². The number of fused-ring (bicyclic) bond motifs is 1. The van der Waals surface area contributed by atoms with E-state index in [9.17, 15) is 9.90 Å². The quantitative estimate of drug-likeness (QED) is 0.713. The van der Waals surface area contributed by atoms with Gasteiger partial charge in [-0.2, -0.15) is 0 Å². The molecule has 0 saturated heterocycles. The molecule has 0 radical (unpaired) electrons. The van der Waals surface area contributed by atoms with Gasteiger partial charge in [0, 0.05) is 21.7 Å². The summed E-state index contributed by atoms with van der Waals surface area (Å²) in [6.07, 6.45) is 1.77. The molecule has 6 heteroatoms. The molecule has 0 saturated carbocycles. The first-order valence-electron chi connectivity index (χ1n) is 7.20. The largest absolute Gasteiger partial charge is 0.493 e. The zero-order chi connectivity index (χ0) is 16.7. The fourth-order valence-corrected chi connectivity index (χ4v) is 3.50. The highest BCUT2D eigenvalue weighted by Crippen LogP contribution is 2.40. The molecule has 3 aromatic rings. The second-order valence-electron chi connectivity index (χ2n) is 5.27. The molecule has 4 nitrogen and oxygen atoms in total. The fourth-order valence-electron chi connectivity index (χ4n) is 2.65. The van der Waals surface area contributed by atoms with Gasteiger partial charge in [-0.3, -0.25) is 9.78 Å². The summed E-state index contributed by atoms with van der Waals surface area (Å²) in [5, 5.41) is 10.5. The molecule has 24 heavy (non-hydrogen) atoms. The number of hydrogen-bond acceptors (Lipinski definition) is 4. The number of aromatic hydroxyl groups is 1. The number of aliphatic imine (C=N–C) groups is 1. The van der Waals surface area contributed by atoms with Gasteiger partial charge in [-0.25, -0.2) is 4.99 Å². The molecule has 0 atom stereocenters. The van der Waals surface area contributed by atoms with Crippen molar-refractivity contribution in [3.63, 3.8) is 0 Å². The predicted octanol–water partition coefficient (Wildman–Crippen LogP) is 4.47. The Morgan fingerprint density at radius 3 is 2.67 bits per heavy atom. The maximum absolute atomic E-state index is 11.5. The third-order valence-electron chi connectivity index (χ3n) is 3.72. The average molecular weight is 355 g/mol. The minimum atomic E-state index is -0.304. The molecule has 118 valence electrons. The second-order valence-corrected chi connectivity index (χ2v) is 6.72. The highest BCUT2D eigenvalue weighted by Gasteiger charge is 2.23. The van der Waals surface area contributed by atoms with Crippen molar-refractivity contribution in [1.82, 2.24) is 4.98 Å². The van der Waals surface area contributed by atoms with Crippen LogP contribution in [0.25, 0.3) is 11.6 Å². The second kappa shape index (κ2) is 5.78. The Labute approximate surface area is 146 Å². The molecule has 0 bridgehead atoms. The average Bonchev–Trinajstić information content (AvgIpc) is 3.08. The van der Waals surface area contributed by atoms with Gasteiger partial charge >= 0.3 is 4.87 Å². The highest BCUT2D eigenvalue weighted by atomic mass is 35.5. The topological polar surface area (TPSA) is 65.5 Å². The van der Waals surface area contributed by atoms with E-state index in [1.165, 1.54) is 0 Å². The molecular weight excluding hydrogens is 344 g/mol. The van der Waals surface area contributed by atoms with Crippen molar-refractivity contribution in [2.24, 2.45) is 4.99 Å². The zero-order valence-electron chi connectivity index (χ0n) is 12.3. The summed E-state index contributed by atoms with van der Waals surface area (Å²) < 4.78 is 0. The maximum Gasteiger partial charge on any atom is 0.307 e. The van der Waals surface area contributed by atoms with Crippen molar-refractivity contribution < 1.29 is 5.11 Å². The third-order valence-corrected chi connectivity index (χ3v) is 4.77. The van der Waals surface area contributed by atoms with E-state index in [-0.39, 0.29) is 10.8 Å². The van der Waals surface area contributed by atoms with Crippen LogP contribution in [0.15, 0.2) is 58.3 Å². The lowest BCUT2D eigenvalue weighted by Gasteiger charge is -2.05. The Bertz CT molecular complexity index is 1050. The standard InChI is InChI=1S/C18H11ClN2O2S/c19-11-6-7-14-12(8-11)13(9-15-17(22)21-18(23)24-15)16(20-14)10-4-2-1-3-5-10/h1-9,22H,(H,21,23). The van der Waals surface area contributed by atoms with E-state index in [0.29, 0.717) is 9.90 Å². The number of aromatic nitrogens is 1. The monoisotopic (exact) mass is 354 g/mol. The first-order chi connectivity index (χ1) is 11.6. The number of H-pyrrole nitrogens is 1. The van der Waals surface area contributed by atoms with Crippen LogP contribution in [0, 0.1) is 0 Å². The summed E-state index contributed by atoms with van der Waals surface area (Å²) in [5.74, 6) is -0.139. The molecule has 0 unspecified atom stereocenters. The number of thiazole rings is 1. The number of allylic oxidation sites excluding steroid dienone is 1. The van der Waals surface area contributed by atoms with Crippen molar-refractivity contribution in [3.05, 3.63) is 79.2 Å². The summed E-state index contributed by atoms with van der Waals surface area (Å²) in [5.41, 5.74) is 4.25. The van der Waals surface area contributed by atoms with Crippen molar-refractivity contribution >= 4 is 46.0 Å². The molecule has 2 N–H and O–H groups in total. The van der Waals surface area contributed by atoms with Gasteiger partial charge in [0.1, 0.15) is 0 Å². The molecule has 2 aromatic carbocycles. The Balaban J connectivity index is 1.94. The smallest absolute Gasteiger partial charge is 0.307 e. The molecule has 1 aliphatic heterocycles. The SMILES string of the molecule is O=c1[nH]c(O)c(C=C2C(c3ccccc3)=Nc3ccc(Cl)cc32)s1. The third kappa shape index (κ3) is 2.58. The number of benzene rings is 2. The lowest BCUT2D eigenvalue weighted by molar-refractivity contribution is 0.455. The Morgan fingerprint density at radius 1 is 1.17 bits per heavy atom. The summed E-state index contributed by atoms with van der Waals surface area (Å²) >= 11 is 7.09. The van der Waals surface area contributed by atoms with E-state index < -0.39 is 0 Å². The molecule has 0 spiro atoms. The molecular formula is C18H11ClN2O2S. The lowest BCUT2D eigenvalue weighted by atomic mass is 9.97. The Morgan fingerprint density at radius 2 is 1.96 bits per heavy atom. The van der Waals surface area contributed by atoms with E-state index in [1.54, 1.807) is 12.1 Å². The van der Waals surface area contributed by atoms with Crippen LogP contribution in [0.5, 0.6) is 5.88 Å². The van der Waals surface area contributed by atoms with Gasteiger partial charge in [0.05, 0.1) is 16.3 Å². The van der Waals surface area contributed by atoms with E-state index in [0.717, 1.165) is 39.4 Å². The normalized spacial score (nSPS) is 14.7. The predicted molar refractivity (Wildman–Crippen MR) is 98.6 cm³/mol. The molecule has 2 heterocycles. The first-order valence-corrected chi connectivity index (χ1v) is 8.39. The van der Waals surface area contributed by atoms with Crippen LogP contribution >= 0.6 is 22.9 Å². The molecule has 1 aromatic heterocycles. The van der Waals surface area contributed by atoms with E-state index in [2.05, 4.69) is 4.98 Å². The van der Waals surface area contributed by atoms with Crippen LogP contribution in [0.3, 0.4) is 0 Å². The van der Waals surface area contributed by atoms with Gasteiger partial charge in [-0.1, -0.05) is 53.3 Å². The van der Waals surface area contributed by atoms with Crippen LogP contribution in [0.2, 0.25) is 5.02 Å². The van der Waals surface area contributed by atoms with E-state index >= 15 is 0 Å². The first kappa shape index (κ1) is 14.9. The Hall–Kier alpha value is -2.63. The molecule has 4 rings (SSSR count). The maximum atomic E-state index is 11.5. The van der Waals surface area contributed by atoms with E-state index in [4.69, 9.17) is 16.6 Å². The summed E-state index contributed by atoms with van der Waals surface area (Å²) in [4.78, 5) is 18.7. The molecule has 0 aliphatic carbocycles. The van der Waals surface area contributed by atoms with Gasteiger partial charge in [-0.05, 0) is 24.3 Å². The zero-order valence-corrected chi connectivity index (χ0v) is 13.9. The van der Waals surface area contributed by atoms with Crippen molar-refractivity contribution in [3.8, 4) is 5.88 Å². The van der Waals surface area contributed by atoms with Gasteiger partial charge in [0.15, 0.2) is 0 Å². The van der Waals surface area contributed by atoms with Crippen LogP contribution < -0.4 is 4.87 Å². The van der Waals surface area contributed by atoms with Gasteiger partial charge in [0.25, 0.3) is 0 Å². The van der Waals surface area contributed by atoms with Crippen molar-refractivity contribution in [2.45, 2.75) is 0 Å². The number of nitrogens with zero attached hydrogens (tertiary/aromatic N) is 1. The van der Waals surface area contributed by atoms with E-state index in [1.807, 2.05) is 42.5 Å². The van der Waals surface area contributed by atoms with Crippen LogP contribution in [-0.4, -0.2) is 15.8 Å². The van der Waals surface area contributed by atoms with Crippen molar-refractivity contribution in [1.29, 1.82) is 0 Å². The van der Waals surface area contributed by atoms with Gasteiger partial charge in [-0.15, -0.1) is 0 Å². The van der Waals surface area contributed by atoms with Crippen LogP contribution in [0.4, 0.5) is 5.69 Å². The number of hydrogen-bond donors (Lipinski definition) is 2. The summed E-state index contributed by atoms with van der Waals surface area (Å²) in [7, 11) is 0. The van der Waals surface area contributed by atoms with Crippen molar-refractivity contribution in [2.75, 3.05) is 0 Å². The molecule has 0 amide bonds. The minimum absolute atomic E-state index is 0.139. The Kier molecular flexibility index (Phi) is 3.59. The van der Waals surface area contributed by atoms with Crippen LogP contribution in [0.1, 0.15) is 16.0 Å². The lowest BCUT2D eigenvalue weighted by Crippen LogP contribution is -1.99. The molecule has 1 aliphatic rings. The minimum Gasteiger partial charge on any atom is -0.493 e. The summed E-state index contributed by atoms with van der Waals surface area (Å²) in [6.45, 7) is 0. The summed E-state index contributed by atoms with van der Waals surface area (Å²) in [6, 6.07) is 15.3. The number of halogens is 1. The van der Waals surface area contributed by atoms with Gasteiger partial charge in [0.2, 0.25) is 5.88 Å².